The molecule has 0 bridgehead atoms. The molecule has 1 aliphatic rings. The second-order valence-corrected chi connectivity index (χ2v) is 5.39. The molecule has 1 aromatic carbocycles. The van der Waals surface area contributed by atoms with Gasteiger partial charge < -0.3 is 9.42 Å². The van der Waals surface area contributed by atoms with Crippen LogP contribution in [-0.2, 0) is 11.3 Å². The van der Waals surface area contributed by atoms with Gasteiger partial charge in [0, 0.05) is 44.7 Å². The Morgan fingerprint density at radius 2 is 2.00 bits per heavy atom. The quantitative estimate of drug-likeness (QED) is 0.865. The Balaban J connectivity index is 1.66. The molecule has 2 aromatic rings. The van der Waals surface area contributed by atoms with E-state index in [9.17, 15) is 4.79 Å². The van der Waals surface area contributed by atoms with E-state index in [4.69, 9.17) is 4.52 Å². The van der Waals surface area contributed by atoms with Gasteiger partial charge in [-0.1, -0.05) is 35.5 Å². The smallest absolute Gasteiger partial charge is 0.223 e. The van der Waals surface area contributed by atoms with Crippen LogP contribution >= 0.6 is 0 Å². The second-order valence-electron chi connectivity index (χ2n) is 5.39. The molecule has 110 valence electrons. The van der Waals surface area contributed by atoms with E-state index in [-0.39, 0.29) is 5.91 Å². The fraction of sp³-hybridized carbons (Fsp3) is 0.375. The zero-order chi connectivity index (χ0) is 14.7. The van der Waals surface area contributed by atoms with Gasteiger partial charge in [-0.3, -0.25) is 9.69 Å². The van der Waals surface area contributed by atoms with Crippen LogP contribution in [0.1, 0.15) is 12.2 Å². The summed E-state index contributed by atoms with van der Waals surface area (Å²) >= 11 is 0. The van der Waals surface area contributed by atoms with E-state index in [1.54, 1.807) is 4.90 Å². The third-order valence-corrected chi connectivity index (χ3v) is 3.83. The van der Waals surface area contributed by atoms with Crippen LogP contribution in [0, 0.1) is 0 Å². The average molecular weight is 285 g/mol. The Labute approximate surface area is 124 Å². The number of aromatic nitrogens is 1. The third-order valence-electron chi connectivity index (χ3n) is 3.83. The zero-order valence-electron chi connectivity index (χ0n) is 12.2. The molecular weight excluding hydrogens is 266 g/mol. The van der Waals surface area contributed by atoms with Gasteiger partial charge in [0.1, 0.15) is 5.69 Å². The fourth-order valence-corrected chi connectivity index (χ4v) is 2.48. The molecule has 0 unspecified atom stereocenters. The van der Waals surface area contributed by atoms with Gasteiger partial charge in [-0.05, 0) is 0 Å². The maximum absolute atomic E-state index is 11.7. The standard InChI is InChI=1S/C16H19N3O2/c1-18-9-10-19(8-7-16(18)20)12-14-11-15(17-21-14)13-5-3-2-4-6-13/h2-6,11H,7-10,12H2,1H3. The van der Waals surface area contributed by atoms with Crippen LogP contribution in [-0.4, -0.2) is 47.5 Å². The maximum atomic E-state index is 11.7. The predicted molar refractivity (Wildman–Crippen MR) is 79.5 cm³/mol. The van der Waals surface area contributed by atoms with Gasteiger partial charge in [0.05, 0.1) is 6.54 Å². The first-order valence-electron chi connectivity index (χ1n) is 7.20. The van der Waals surface area contributed by atoms with Crippen LogP contribution in [0.2, 0.25) is 0 Å². The summed E-state index contributed by atoms with van der Waals surface area (Å²) in [4.78, 5) is 15.7. The molecule has 1 saturated heterocycles. The van der Waals surface area contributed by atoms with E-state index in [0.29, 0.717) is 13.0 Å². The summed E-state index contributed by atoms with van der Waals surface area (Å²) in [7, 11) is 1.85. The summed E-state index contributed by atoms with van der Waals surface area (Å²) in [6, 6.07) is 12.0. The largest absolute Gasteiger partial charge is 0.359 e. The minimum Gasteiger partial charge on any atom is -0.359 e. The molecule has 0 radical (unpaired) electrons. The van der Waals surface area contributed by atoms with Gasteiger partial charge in [0.25, 0.3) is 0 Å². The summed E-state index contributed by atoms with van der Waals surface area (Å²) in [5.41, 5.74) is 1.91. The Hall–Kier alpha value is -2.14. The first-order chi connectivity index (χ1) is 10.2. The van der Waals surface area contributed by atoms with E-state index in [1.807, 2.05) is 43.4 Å². The van der Waals surface area contributed by atoms with Crippen LogP contribution in [0.25, 0.3) is 11.3 Å². The highest BCUT2D eigenvalue weighted by Crippen LogP contribution is 2.19. The van der Waals surface area contributed by atoms with Crippen molar-refractivity contribution < 1.29 is 9.32 Å². The number of benzene rings is 1. The molecule has 1 fully saturated rings. The van der Waals surface area contributed by atoms with Crippen molar-refractivity contribution in [2.75, 3.05) is 26.7 Å². The Morgan fingerprint density at radius 1 is 1.19 bits per heavy atom. The fourth-order valence-electron chi connectivity index (χ4n) is 2.48. The topological polar surface area (TPSA) is 49.6 Å². The number of amides is 1. The van der Waals surface area contributed by atoms with Crippen LogP contribution in [0.5, 0.6) is 0 Å². The molecule has 21 heavy (non-hydrogen) atoms. The first kappa shape index (κ1) is 13.8. The van der Waals surface area contributed by atoms with E-state index in [1.165, 1.54) is 0 Å². The highest BCUT2D eigenvalue weighted by Gasteiger charge is 2.19. The lowest BCUT2D eigenvalue weighted by Gasteiger charge is -2.17. The molecule has 0 atom stereocenters. The molecular formula is C16H19N3O2. The van der Waals surface area contributed by atoms with Crippen molar-refractivity contribution >= 4 is 5.91 Å². The van der Waals surface area contributed by atoms with Gasteiger partial charge in [0.15, 0.2) is 5.76 Å². The van der Waals surface area contributed by atoms with Gasteiger partial charge in [-0.2, -0.15) is 0 Å². The van der Waals surface area contributed by atoms with E-state index in [2.05, 4.69) is 10.1 Å². The molecule has 1 aromatic heterocycles. The number of hydrogen-bond donors (Lipinski definition) is 0. The molecule has 5 nitrogen and oxygen atoms in total. The second kappa shape index (κ2) is 6.10. The number of carbonyl (C=O) groups is 1. The van der Waals surface area contributed by atoms with Crippen molar-refractivity contribution in [1.29, 1.82) is 0 Å². The van der Waals surface area contributed by atoms with E-state index in [0.717, 1.165) is 36.7 Å². The summed E-state index contributed by atoms with van der Waals surface area (Å²) in [6.07, 6.45) is 0.566. The lowest BCUT2D eigenvalue weighted by molar-refractivity contribution is -0.129. The van der Waals surface area contributed by atoms with Gasteiger partial charge in [0.2, 0.25) is 5.91 Å². The third kappa shape index (κ3) is 3.31. The Kier molecular flexibility index (Phi) is 4.01. The summed E-state index contributed by atoms with van der Waals surface area (Å²) in [6.45, 7) is 3.09. The van der Waals surface area contributed by atoms with Crippen LogP contribution in [0.4, 0.5) is 0 Å². The monoisotopic (exact) mass is 285 g/mol. The van der Waals surface area contributed by atoms with Crippen molar-refractivity contribution in [1.82, 2.24) is 15.0 Å². The molecule has 5 heteroatoms. The van der Waals surface area contributed by atoms with E-state index >= 15 is 0 Å². The van der Waals surface area contributed by atoms with Crippen LogP contribution in [0.3, 0.4) is 0 Å². The molecule has 1 aliphatic heterocycles. The highest BCUT2D eigenvalue weighted by atomic mass is 16.5. The first-order valence-corrected chi connectivity index (χ1v) is 7.20. The van der Waals surface area contributed by atoms with Crippen molar-refractivity contribution in [3.63, 3.8) is 0 Å². The molecule has 1 amide bonds. The molecule has 0 N–H and O–H groups in total. The van der Waals surface area contributed by atoms with Crippen LogP contribution < -0.4 is 0 Å². The lowest BCUT2D eigenvalue weighted by Crippen LogP contribution is -2.29. The van der Waals surface area contributed by atoms with E-state index < -0.39 is 0 Å². The number of likely N-dealkylation sites (N-methyl/N-ethyl adjacent to an activating group) is 1. The Bertz CT molecular complexity index is 609. The number of hydrogen-bond acceptors (Lipinski definition) is 4. The van der Waals surface area contributed by atoms with Crippen molar-refractivity contribution in [2.45, 2.75) is 13.0 Å². The number of carbonyl (C=O) groups excluding carboxylic acids is 1. The summed E-state index contributed by atoms with van der Waals surface area (Å²) in [5, 5.41) is 4.13. The average Bonchev–Trinajstić information content (AvgIpc) is 2.92. The Morgan fingerprint density at radius 3 is 2.81 bits per heavy atom. The van der Waals surface area contributed by atoms with Crippen molar-refractivity contribution in [3.05, 3.63) is 42.2 Å². The van der Waals surface area contributed by atoms with Crippen molar-refractivity contribution in [3.8, 4) is 11.3 Å². The van der Waals surface area contributed by atoms with Crippen molar-refractivity contribution in [2.24, 2.45) is 0 Å². The predicted octanol–water partition coefficient (Wildman–Crippen LogP) is 2.01. The molecule has 0 aliphatic carbocycles. The van der Waals surface area contributed by atoms with Gasteiger partial charge in [-0.25, -0.2) is 0 Å². The van der Waals surface area contributed by atoms with Gasteiger partial charge in [-0.15, -0.1) is 0 Å². The van der Waals surface area contributed by atoms with Gasteiger partial charge >= 0.3 is 0 Å². The minimum atomic E-state index is 0.208. The lowest BCUT2D eigenvalue weighted by atomic mass is 10.1. The summed E-state index contributed by atoms with van der Waals surface area (Å²) in [5.74, 6) is 1.05. The zero-order valence-corrected chi connectivity index (χ0v) is 12.2. The summed E-state index contributed by atoms with van der Waals surface area (Å²) < 4.78 is 5.43. The number of rotatable bonds is 3. The molecule has 0 spiro atoms. The highest BCUT2D eigenvalue weighted by molar-refractivity contribution is 5.76. The minimum absolute atomic E-state index is 0.208. The van der Waals surface area contributed by atoms with Crippen LogP contribution in [0.15, 0.2) is 40.9 Å². The SMILES string of the molecule is CN1CCN(Cc2cc(-c3ccccc3)no2)CCC1=O. The maximum Gasteiger partial charge on any atom is 0.223 e. The number of nitrogens with zero attached hydrogens (tertiary/aromatic N) is 3. The molecule has 2 heterocycles. The molecule has 0 saturated carbocycles. The molecule has 3 rings (SSSR count). The normalized spacial score (nSPS) is 17.0.